The first kappa shape index (κ1) is 23.0. The second kappa shape index (κ2) is 8.98. The normalized spacial score (nSPS) is 20.9. The summed E-state index contributed by atoms with van der Waals surface area (Å²) in [6.45, 7) is 5.14. The average molecular weight is 460 g/mol. The van der Waals surface area contributed by atoms with Gasteiger partial charge in [-0.1, -0.05) is 11.6 Å². The van der Waals surface area contributed by atoms with Gasteiger partial charge >= 0.3 is 0 Å². The molecule has 2 amide bonds. The van der Waals surface area contributed by atoms with Gasteiger partial charge in [0.1, 0.15) is 6.54 Å². The molecule has 2 aliphatic heterocycles. The minimum atomic E-state index is -3.57. The van der Waals surface area contributed by atoms with Crippen LogP contribution in [0.5, 0.6) is 0 Å². The van der Waals surface area contributed by atoms with Crippen molar-refractivity contribution in [1.29, 1.82) is 0 Å². The standard InChI is InChI=1S/C24H33N3O4S/c1-24(2)20-16-19(32(30,31)26-14-6-7-15-26)10-11-21(20)27(23(24)29)17-22(28)25-13-12-18-8-4-3-5-9-18/h8,10-11,16H,3-7,9,12-15,17H2,1-2H3,(H,25,28). The molecule has 0 atom stereocenters. The molecule has 4 rings (SSSR count). The number of sulfonamides is 1. The second-order valence-electron chi connectivity index (χ2n) is 9.51. The van der Waals surface area contributed by atoms with Gasteiger partial charge in [-0.3, -0.25) is 9.59 Å². The van der Waals surface area contributed by atoms with E-state index in [1.807, 2.05) is 0 Å². The SMILES string of the molecule is CC1(C)C(=O)N(CC(=O)NCCC2=CCCCC2)c2ccc(S(=O)(=O)N3CCCC3)cc21. The van der Waals surface area contributed by atoms with Crippen LogP contribution in [0.4, 0.5) is 5.69 Å². The Kier molecular flexibility index (Phi) is 6.45. The molecule has 1 aromatic rings. The average Bonchev–Trinajstić information content (AvgIpc) is 3.38. The number of benzene rings is 1. The van der Waals surface area contributed by atoms with Gasteiger partial charge in [-0.2, -0.15) is 4.31 Å². The van der Waals surface area contributed by atoms with Crippen molar-refractivity contribution in [3.63, 3.8) is 0 Å². The van der Waals surface area contributed by atoms with Crippen LogP contribution in [-0.4, -0.2) is 50.7 Å². The van der Waals surface area contributed by atoms with E-state index >= 15 is 0 Å². The molecule has 0 aromatic heterocycles. The molecule has 1 N–H and O–H groups in total. The minimum absolute atomic E-state index is 0.0630. The molecule has 32 heavy (non-hydrogen) atoms. The first-order valence-electron chi connectivity index (χ1n) is 11.6. The molecule has 1 fully saturated rings. The highest BCUT2D eigenvalue weighted by Crippen LogP contribution is 2.42. The molecule has 0 radical (unpaired) electrons. The summed E-state index contributed by atoms with van der Waals surface area (Å²) in [5.74, 6) is -0.388. The Morgan fingerprint density at radius 3 is 2.56 bits per heavy atom. The molecule has 7 nitrogen and oxygen atoms in total. The minimum Gasteiger partial charge on any atom is -0.354 e. The molecule has 2 heterocycles. The largest absolute Gasteiger partial charge is 0.354 e. The fraction of sp³-hybridized carbons (Fsp3) is 0.583. The Labute approximate surface area is 190 Å². The van der Waals surface area contributed by atoms with Crippen molar-refractivity contribution >= 4 is 27.5 Å². The molecule has 0 spiro atoms. The molecule has 1 aromatic carbocycles. The third-order valence-corrected chi connectivity index (χ3v) is 8.76. The van der Waals surface area contributed by atoms with Crippen LogP contribution in [0.3, 0.4) is 0 Å². The number of amides is 2. The van der Waals surface area contributed by atoms with Crippen molar-refractivity contribution < 1.29 is 18.0 Å². The van der Waals surface area contributed by atoms with E-state index in [0.29, 0.717) is 30.9 Å². The number of hydrogen-bond donors (Lipinski definition) is 1. The maximum atomic E-state index is 13.1. The summed E-state index contributed by atoms with van der Waals surface area (Å²) in [5, 5.41) is 2.93. The first-order valence-corrected chi connectivity index (χ1v) is 13.1. The van der Waals surface area contributed by atoms with Crippen molar-refractivity contribution in [3.8, 4) is 0 Å². The zero-order valence-corrected chi connectivity index (χ0v) is 19.8. The Bertz CT molecular complexity index is 1040. The molecule has 174 valence electrons. The fourth-order valence-electron chi connectivity index (χ4n) is 4.90. The Balaban J connectivity index is 1.48. The zero-order valence-electron chi connectivity index (χ0n) is 19.0. The number of nitrogens with one attached hydrogen (secondary N) is 1. The second-order valence-corrected chi connectivity index (χ2v) is 11.5. The summed E-state index contributed by atoms with van der Waals surface area (Å²) in [6, 6.07) is 4.85. The maximum Gasteiger partial charge on any atom is 0.243 e. The zero-order chi connectivity index (χ0) is 22.9. The van der Waals surface area contributed by atoms with Crippen LogP contribution in [0.15, 0.2) is 34.7 Å². The van der Waals surface area contributed by atoms with Crippen LogP contribution in [0, 0.1) is 0 Å². The molecule has 0 bridgehead atoms. The smallest absolute Gasteiger partial charge is 0.243 e. The van der Waals surface area contributed by atoms with Gasteiger partial charge in [0.2, 0.25) is 21.8 Å². The van der Waals surface area contributed by atoms with E-state index in [9.17, 15) is 18.0 Å². The van der Waals surface area contributed by atoms with Gasteiger partial charge in [-0.05, 0) is 82.6 Å². The molecule has 8 heteroatoms. The summed E-state index contributed by atoms with van der Waals surface area (Å²) >= 11 is 0. The third kappa shape index (κ3) is 4.35. The van der Waals surface area contributed by atoms with Gasteiger partial charge in [0.25, 0.3) is 0 Å². The van der Waals surface area contributed by atoms with E-state index in [-0.39, 0.29) is 23.3 Å². The fourth-order valence-corrected chi connectivity index (χ4v) is 6.45. The summed E-state index contributed by atoms with van der Waals surface area (Å²) in [6.07, 6.45) is 9.53. The number of rotatable bonds is 7. The summed E-state index contributed by atoms with van der Waals surface area (Å²) in [5.41, 5.74) is 1.78. The lowest BCUT2D eigenvalue weighted by Crippen LogP contribution is -2.43. The summed E-state index contributed by atoms with van der Waals surface area (Å²) in [7, 11) is -3.57. The van der Waals surface area contributed by atoms with Crippen molar-refractivity contribution in [2.75, 3.05) is 31.1 Å². The summed E-state index contributed by atoms with van der Waals surface area (Å²) in [4.78, 5) is 27.4. The lowest BCUT2D eigenvalue weighted by molar-refractivity contribution is -0.125. The topological polar surface area (TPSA) is 86.8 Å². The van der Waals surface area contributed by atoms with Crippen LogP contribution in [0.25, 0.3) is 0 Å². The van der Waals surface area contributed by atoms with Crippen LogP contribution in [0.1, 0.15) is 64.4 Å². The predicted octanol–water partition coefficient (Wildman–Crippen LogP) is 3.10. The van der Waals surface area contributed by atoms with E-state index in [4.69, 9.17) is 0 Å². The van der Waals surface area contributed by atoms with Gasteiger partial charge in [-0.25, -0.2) is 8.42 Å². The molecule has 1 aliphatic carbocycles. The van der Waals surface area contributed by atoms with E-state index in [0.717, 1.165) is 32.1 Å². The van der Waals surface area contributed by atoms with Crippen molar-refractivity contribution in [2.24, 2.45) is 0 Å². The Morgan fingerprint density at radius 1 is 1.12 bits per heavy atom. The van der Waals surface area contributed by atoms with E-state index in [2.05, 4.69) is 11.4 Å². The van der Waals surface area contributed by atoms with Crippen molar-refractivity contribution in [1.82, 2.24) is 9.62 Å². The number of nitrogens with zero attached hydrogens (tertiary/aromatic N) is 2. The van der Waals surface area contributed by atoms with Gasteiger partial charge < -0.3 is 10.2 Å². The summed E-state index contributed by atoms with van der Waals surface area (Å²) < 4.78 is 27.5. The highest BCUT2D eigenvalue weighted by atomic mass is 32.2. The van der Waals surface area contributed by atoms with E-state index in [1.54, 1.807) is 32.0 Å². The monoisotopic (exact) mass is 459 g/mol. The van der Waals surface area contributed by atoms with E-state index < -0.39 is 15.4 Å². The third-order valence-electron chi connectivity index (χ3n) is 6.87. The molecular weight excluding hydrogens is 426 g/mol. The number of carbonyl (C=O) groups is 2. The van der Waals surface area contributed by atoms with Crippen LogP contribution in [0.2, 0.25) is 0 Å². The van der Waals surface area contributed by atoms with Crippen LogP contribution >= 0.6 is 0 Å². The van der Waals surface area contributed by atoms with E-state index in [1.165, 1.54) is 27.6 Å². The highest BCUT2D eigenvalue weighted by Gasteiger charge is 2.45. The quantitative estimate of drug-likeness (QED) is 0.635. The lowest BCUT2D eigenvalue weighted by Gasteiger charge is -2.20. The van der Waals surface area contributed by atoms with Crippen molar-refractivity contribution in [3.05, 3.63) is 35.4 Å². The predicted molar refractivity (Wildman–Crippen MR) is 124 cm³/mol. The number of allylic oxidation sites excluding steroid dienone is 1. The molecule has 0 saturated carbocycles. The van der Waals surface area contributed by atoms with Gasteiger partial charge in [-0.15, -0.1) is 0 Å². The van der Waals surface area contributed by atoms with Gasteiger partial charge in [0.05, 0.1) is 10.3 Å². The lowest BCUT2D eigenvalue weighted by atomic mass is 9.86. The number of carbonyl (C=O) groups excluding carboxylic acids is 2. The number of anilines is 1. The molecular formula is C24H33N3O4S. The van der Waals surface area contributed by atoms with Gasteiger partial charge in [0, 0.05) is 25.3 Å². The van der Waals surface area contributed by atoms with Crippen LogP contribution < -0.4 is 10.2 Å². The highest BCUT2D eigenvalue weighted by molar-refractivity contribution is 7.89. The first-order chi connectivity index (χ1) is 15.2. The molecule has 1 saturated heterocycles. The van der Waals surface area contributed by atoms with Crippen LogP contribution in [-0.2, 0) is 25.0 Å². The number of fused-ring (bicyclic) bond motifs is 1. The Hall–Kier alpha value is -2.19. The molecule has 0 unspecified atom stereocenters. The Morgan fingerprint density at radius 2 is 1.88 bits per heavy atom. The maximum absolute atomic E-state index is 13.1. The van der Waals surface area contributed by atoms with Gasteiger partial charge in [0.15, 0.2) is 0 Å². The number of hydrogen-bond acceptors (Lipinski definition) is 4. The molecule has 3 aliphatic rings. The van der Waals surface area contributed by atoms with Crippen molar-refractivity contribution in [2.45, 2.75) is 69.1 Å².